The lowest BCUT2D eigenvalue weighted by atomic mass is 10.1. The van der Waals surface area contributed by atoms with Crippen molar-refractivity contribution in [3.05, 3.63) is 0 Å². The normalized spacial score (nSPS) is 30.7. The molecule has 0 aromatic carbocycles. The molecule has 1 saturated carbocycles. The highest BCUT2D eigenvalue weighted by molar-refractivity contribution is 5.77. The lowest BCUT2D eigenvalue weighted by Crippen LogP contribution is -2.38. The van der Waals surface area contributed by atoms with E-state index in [1.165, 1.54) is 6.42 Å². The highest BCUT2D eigenvalue weighted by atomic mass is 16.5. The molecule has 16 heavy (non-hydrogen) atoms. The summed E-state index contributed by atoms with van der Waals surface area (Å²) in [5.74, 6) is 0.153. The molecular weight excluding hydrogens is 204 g/mol. The SMILES string of the molecule is NC1CCC(OCC(=O)N2CCCCC2)C1. The van der Waals surface area contributed by atoms with Crippen molar-refractivity contribution in [3.63, 3.8) is 0 Å². The van der Waals surface area contributed by atoms with Crippen LogP contribution in [-0.4, -0.2) is 42.6 Å². The van der Waals surface area contributed by atoms with Gasteiger partial charge in [-0.25, -0.2) is 0 Å². The summed E-state index contributed by atoms with van der Waals surface area (Å²) in [7, 11) is 0. The van der Waals surface area contributed by atoms with Gasteiger partial charge in [0.15, 0.2) is 0 Å². The predicted molar refractivity (Wildman–Crippen MR) is 62.0 cm³/mol. The molecule has 1 aliphatic heterocycles. The smallest absolute Gasteiger partial charge is 0.248 e. The van der Waals surface area contributed by atoms with Crippen LogP contribution < -0.4 is 5.73 Å². The van der Waals surface area contributed by atoms with Gasteiger partial charge < -0.3 is 15.4 Å². The second-order valence-electron chi connectivity index (χ2n) is 4.95. The minimum absolute atomic E-state index is 0.153. The predicted octanol–water partition coefficient (Wildman–Crippen LogP) is 0.895. The van der Waals surface area contributed by atoms with Gasteiger partial charge in [-0.1, -0.05) is 0 Å². The number of ether oxygens (including phenoxy) is 1. The molecule has 0 aromatic rings. The van der Waals surface area contributed by atoms with Gasteiger partial charge in [0.25, 0.3) is 0 Å². The van der Waals surface area contributed by atoms with E-state index in [1.54, 1.807) is 0 Å². The first-order valence-electron chi connectivity index (χ1n) is 6.40. The highest BCUT2D eigenvalue weighted by Crippen LogP contribution is 2.20. The molecule has 92 valence electrons. The van der Waals surface area contributed by atoms with E-state index in [-0.39, 0.29) is 24.7 Å². The summed E-state index contributed by atoms with van der Waals surface area (Å²) in [4.78, 5) is 13.7. The number of carbonyl (C=O) groups excluding carboxylic acids is 1. The van der Waals surface area contributed by atoms with E-state index in [9.17, 15) is 4.79 Å². The second kappa shape index (κ2) is 5.64. The summed E-state index contributed by atoms with van der Waals surface area (Å²) < 4.78 is 5.62. The Bertz CT molecular complexity index is 239. The van der Waals surface area contributed by atoms with Crippen LogP contribution in [0, 0.1) is 0 Å². The van der Waals surface area contributed by atoms with Crippen molar-refractivity contribution < 1.29 is 9.53 Å². The standard InChI is InChI=1S/C12H22N2O2/c13-10-4-5-11(8-10)16-9-12(15)14-6-2-1-3-7-14/h10-11H,1-9,13H2. The van der Waals surface area contributed by atoms with Crippen LogP contribution in [0.3, 0.4) is 0 Å². The van der Waals surface area contributed by atoms with Crippen LogP contribution in [0.15, 0.2) is 0 Å². The highest BCUT2D eigenvalue weighted by Gasteiger charge is 2.24. The molecule has 2 N–H and O–H groups in total. The van der Waals surface area contributed by atoms with Crippen LogP contribution in [0.1, 0.15) is 38.5 Å². The van der Waals surface area contributed by atoms with Crippen LogP contribution in [0.4, 0.5) is 0 Å². The van der Waals surface area contributed by atoms with Gasteiger partial charge in [-0.15, -0.1) is 0 Å². The van der Waals surface area contributed by atoms with E-state index < -0.39 is 0 Å². The fraction of sp³-hybridized carbons (Fsp3) is 0.917. The van der Waals surface area contributed by atoms with Crippen molar-refractivity contribution in [2.75, 3.05) is 19.7 Å². The maximum absolute atomic E-state index is 11.8. The molecule has 2 rings (SSSR count). The Balaban J connectivity index is 1.66. The summed E-state index contributed by atoms with van der Waals surface area (Å²) in [5.41, 5.74) is 5.80. The van der Waals surface area contributed by atoms with Gasteiger partial charge >= 0.3 is 0 Å². The Hall–Kier alpha value is -0.610. The first kappa shape index (κ1) is 11.9. The summed E-state index contributed by atoms with van der Waals surface area (Å²) in [6.45, 7) is 2.07. The lowest BCUT2D eigenvalue weighted by Gasteiger charge is -2.27. The molecule has 0 radical (unpaired) electrons. The molecule has 0 bridgehead atoms. The molecule has 4 heteroatoms. The minimum atomic E-state index is 0.153. The number of piperidine rings is 1. The summed E-state index contributed by atoms with van der Waals surface area (Å²) in [5, 5.41) is 0. The summed E-state index contributed by atoms with van der Waals surface area (Å²) >= 11 is 0. The third-order valence-corrected chi connectivity index (χ3v) is 3.58. The fourth-order valence-corrected chi connectivity index (χ4v) is 2.55. The van der Waals surface area contributed by atoms with Crippen LogP contribution in [0.2, 0.25) is 0 Å². The van der Waals surface area contributed by atoms with Crippen molar-refractivity contribution in [1.29, 1.82) is 0 Å². The van der Waals surface area contributed by atoms with Crippen molar-refractivity contribution in [2.24, 2.45) is 5.73 Å². The average molecular weight is 226 g/mol. The molecule has 4 nitrogen and oxygen atoms in total. The third-order valence-electron chi connectivity index (χ3n) is 3.58. The van der Waals surface area contributed by atoms with Gasteiger partial charge in [0, 0.05) is 19.1 Å². The topological polar surface area (TPSA) is 55.6 Å². The number of amides is 1. The molecule has 1 heterocycles. The Morgan fingerprint density at radius 1 is 1.25 bits per heavy atom. The Labute approximate surface area is 97.1 Å². The first-order chi connectivity index (χ1) is 7.75. The molecule has 2 aliphatic rings. The molecule has 2 fully saturated rings. The lowest BCUT2D eigenvalue weighted by molar-refractivity contribution is -0.139. The summed E-state index contributed by atoms with van der Waals surface area (Å²) in [6, 6.07) is 0.273. The van der Waals surface area contributed by atoms with Gasteiger partial charge in [0.05, 0.1) is 6.10 Å². The largest absolute Gasteiger partial charge is 0.368 e. The van der Waals surface area contributed by atoms with E-state index in [1.807, 2.05) is 4.90 Å². The van der Waals surface area contributed by atoms with Crippen LogP contribution in [-0.2, 0) is 9.53 Å². The van der Waals surface area contributed by atoms with E-state index in [4.69, 9.17) is 10.5 Å². The number of likely N-dealkylation sites (tertiary alicyclic amines) is 1. The molecule has 2 atom stereocenters. The molecule has 1 amide bonds. The molecule has 0 spiro atoms. The molecule has 0 aromatic heterocycles. The number of hydrogen-bond acceptors (Lipinski definition) is 3. The zero-order valence-corrected chi connectivity index (χ0v) is 9.86. The number of nitrogens with two attached hydrogens (primary N) is 1. The van der Waals surface area contributed by atoms with Gasteiger partial charge in [-0.3, -0.25) is 4.79 Å². The van der Waals surface area contributed by atoms with E-state index >= 15 is 0 Å². The third kappa shape index (κ3) is 3.19. The van der Waals surface area contributed by atoms with Crippen LogP contribution in [0.5, 0.6) is 0 Å². The average Bonchev–Trinajstić information content (AvgIpc) is 2.73. The number of carbonyl (C=O) groups is 1. The molecule has 2 unspecified atom stereocenters. The van der Waals surface area contributed by atoms with E-state index in [0.717, 1.165) is 45.2 Å². The number of rotatable bonds is 3. The van der Waals surface area contributed by atoms with Gasteiger partial charge in [-0.05, 0) is 38.5 Å². The Morgan fingerprint density at radius 3 is 2.62 bits per heavy atom. The second-order valence-corrected chi connectivity index (χ2v) is 4.95. The van der Waals surface area contributed by atoms with Crippen molar-refractivity contribution in [2.45, 2.75) is 50.7 Å². The Morgan fingerprint density at radius 2 is 2.00 bits per heavy atom. The van der Waals surface area contributed by atoms with Crippen LogP contribution >= 0.6 is 0 Å². The van der Waals surface area contributed by atoms with Crippen molar-refractivity contribution >= 4 is 5.91 Å². The van der Waals surface area contributed by atoms with Crippen LogP contribution in [0.25, 0.3) is 0 Å². The van der Waals surface area contributed by atoms with Gasteiger partial charge in [0.2, 0.25) is 5.91 Å². The van der Waals surface area contributed by atoms with Gasteiger partial charge in [-0.2, -0.15) is 0 Å². The monoisotopic (exact) mass is 226 g/mol. The number of nitrogens with zero attached hydrogens (tertiary/aromatic N) is 1. The first-order valence-corrected chi connectivity index (χ1v) is 6.40. The van der Waals surface area contributed by atoms with E-state index in [0.29, 0.717) is 0 Å². The van der Waals surface area contributed by atoms with E-state index in [2.05, 4.69) is 0 Å². The molecule has 1 saturated heterocycles. The maximum Gasteiger partial charge on any atom is 0.248 e. The van der Waals surface area contributed by atoms with Crippen molar-refractivity contribution in [1.82, 2.24) is 4.90 Å². The quantitative estimate of drug-likeness (QED) is 0.777. The van der Waals surface area contributed by atoms with Gasteiger partial charge in [0.1, 0.15) is 6.61 Å². The van der Waals surface area contributed by atoms with Crippen molar-refractivity contribution in [3.8, 4) is 0 Å². The molecule has 1 aliphatic carbocycles. The summed E-state index contributed by atoms with van der Waals surface area (Å²) in [6.07, 6.45) is 6.69. The molecular formula is C12H22N2O2. The Kier molecular flexibility index (Phi) is 4.18. The number of hydrogen-bond donors (Lipinski definition) is 1. The maximum atomic E-state index is 11.8. The fourth-order valence-electron chi connectivity index (χ4n) is 2.55. The zero-order valence-electron chi connectivity index (χ0n) is 9.86. The minimum Gasteiger partial charge on any atom is -0.368 e. The zero-order chi connectivity index (χ0) is 11.4.